The molecular formula is C7H10ClN3O3. The van der Waals surface area contributed by atoms with Crippen LogP contribution in [0, 0.1) is 0 Å². The van der Waals surface area contributed by atoms with Crippen molar-refractivity contribution in [3.8, 4) is 0 Å². The Bertz CT molecular complexity index is 411. The Labute approximate surface area is 83.9 Å². The smallest absolute Gasteiger partial charge is 0.327 e. The minimum absolute atomic E-state index is 0.0258. The summed E-state index contributed by atoms with van der Waals surface area (Å²) in [6.07, 6.45) is 0.505. The fourth-order valence-corrected chi connectivity index (χ4v) is 1.05. The normalized spacial score (nSPS) is 10.1. The molecule has 0 aliphatic carbocycles. The summed E-state index contributed by atoms with van der Waals surface area (Å²) in [5.41, 5.74) is -1.26. The zero-order valence-corrected chi connectivity index (χ0v) is 8.02. The summed E-state index contributed by atoms with van der Waals surface area (Å²) in [6.45, 7) is 0.452. The van der Waals surface area contributed by atoms with Gasteiger partial charge in [-0.25, -0.2) is 4.79 Å². The Morgan fingerprint density at radius 2 is 2.07 bits per heavy atom. The van der Waals surface area contributed by atoms with Gasteiger partial charge in [-0.2, -0.15) is 0 Å². The Balaban J connectivity index is 2.86. The van der Waals surface area contributed by atoms with Crippen LogP contribution >= 0.6 is 11.6 Å². The summed E-state index contributed by atoms with van der Waals surface area (Å²) in [4.78, 5) is 26.2. The van der Waals surface area contributed by atoms with Gasteiger partial charge in [-0.3, -0.25) is 14.8 Å². The lowest BCUT2D eigenvalue weighted by Crippen LogP contribution is -2.24. The lowest BCUT2D eigenvalue weighted by atomic mass is 10.4. The van der Waals surface area contributed by atoms with Crippen LogP contribution in [0.1, 0.15) is 6.42 Å². The zero-order chi connectivity index (χ0) is 10.6. The zero-order valence-electron chi connectivity index (χ0n) is 7.26. The molecule has 4 N–H and O–H groups in total. The molecule has 0 saturated heterocycles. The van der Waals surface area contributed by atoms with Crippen LogP contribution in [-0.2, 0) is 0 Å². The molecule has 0 aromatic carbocycles. The monoisotopic (exact) mass is 219 g/mol. The highest BCUT2D eigenvalue weighted by atomic mass is 35.5. The number of hydrogen-bond acceptors (Lipinski definition) is 4. The molecule has 0 saturated carbocycles. The van der Waals surface area contributed by atoms with Gasteiger partial charge in [0.25, 0.3) is 5.56 Å². The van der Waals surface area contributed by atoms with Crippen LogP contribution in [-0.4, -0.2) is 28.2 Å². The molecule has 0 unspecified atom stereocenters. The standard InChI is InChI=1S/C7H10ClN3O3/c8-4-5(9-2-1-3-12)10-7(14)11-6(4)13/h12H,1-3H2,(H3,9,10,11,13,14). The molecular weight excluding hydrogens is 210 g/mol. The molecule has 1 heterocycles. The van der Waals surface area contributed by atoms with Crippen molar-refractivity contribution in [2.24, 2.45) is 0 Å². The molecule has 0 fully saturated rings. The van der Waals surface area contributed by atoms with Crippen molar-refractivity contribution in [2.45, 2.75) is 6.42 Å². The van der Waals surface area contributed by atoms with Crippen LogP contribution < -0.4 is 16.6 Å². The minimum Gasteiger partial charge on any atom is -0.396 e. The molecule has 78 valence electrons. The van der Waals surface area contributed by atoms with E-state index in [9.17, 15) is 9.59 Å². The lowest BCUT2D eigenvalue weighted by molar-refractivity contribution is 0.292. The maximum absolute atomic E-state index is 11.0. The van der Waals surface area contributed by atoms with Crippen molar-refractivity contribution in [2.75, 3.05) is 18.5 Å². The quantitative estimate of drug-likeness (QED) is 0.514. The van der Waals surface area contributed by atoms with E-state index in [-0.39, 0.29) is 17.4 Å². The second-order valence-electron chi connectivity index (χ2n) is 2.60. The number of nitrogens with one attached hydrogen (secondary N) is 3. The van der Waals surface area contributed by atoms with Crippen LogP contribution in [0.4, 0.5) is 5.82 Å². The average Bonchev–Trinajstić information content (AvgIpc) is 2.13. The highest BCUT2D eigenvalue weighted by Gasteiger charge is 2.04. The first-order chi connectivity index (χ1) is 6.65. The number of aromatic amines is 2. The number of halogens is 1. The van der Waals surface area contributed by atoms with Gasteiger partial charge in [0.05, 0.1) is 0 Å². The summed E-state index contributed by atoms with van der Waals surface area (Å²) in [5.74, 6) is 0.175. The van der Waals surface area contributed by atoms with E-state index in [1.165, 1.54) is 0 Å². The third-order valence-electron chi connectivity index (χ3n) is 1.52. The van der Waals surface area contributed by atoms with Crippen molar-refractivity contribution in [3.05, 3.63) is 25.9 Å². The average molecular weight is 220 g/mol. The first-order valence-corrected chi connectivity index (χ1v) is 4.39. The molecule has 0 spiro atoms. The molecule has 0 aliphatic rings. The van der Waals surface area contributed by atoms with Gasteiger partial charge in [0.1, 0.15) is 10.8 Å². The molecule has 1 aromatic rings. The van der Waals surface area contributed by atoms with Crippen molar-refractivity contribution >= 4 is 17.4 Å². The number of anilines is 1. The molecule has 1 rings (SSSR count). The van der Waals surface area contributed by atoms with Gasteiger partial charge in [0.15, 0.2) is 0 Å². The second kappa shape index (κ2) is 4.83. The molecule has 1 aromatic heterocycles. The van der Waals surface area contributed by atoms with E-state index in [1.807, 2.05) is 4.98 Å². The summed E-state index contributed by atoms with van der Waals surface area (Å²) in [5, 5.41) is 11.1. The summed E-state index contributed by atoms with van der Waals surface area (Å²) in [7, 11) is 0. The molecule has 0 aliphatic heterocycles. The number of hydrogen-bond donors (Lipinski definition) is 4. The second-order valence-corrected chi connectivity index (χ2v) is 2.98. The molecule has 0 radical (unpaired) electrons. The van der Waals surface area contributed by atoms with Gasteiger partial charge in [-0.05, 0) is 6.42 Å². The van der Waals surface area contributed by atoms with E-state index in [0.29, 0.717) is 13.0 Å². The maximum atomic E-state index is 11.0. The van der Waals surface area contributed by atoms with Gasteiger partial charge in [0.2, 0.25) is 0 Å². The first kappa shape index (κ1) is 10.8. The van der Waals surface area contributed by atoms with E-state index in [4.69, 9.17) is 16.7 Å². The number of rotatable bonds is 4. The van der Waals surface area contributed by atoms with Gasteiger partial charge >= 0.3 is 5.69 Å². The van der Waals surface area contributed by atoms with Crippen LogP contribution in [0.2, 0.25) is 5.02 Å². The van der Waals surface area contributed by atoms with Crippen molar-refractivity contribution in [1.82, 2.24) is 9.97 Å². The van der Waals surface area contributed by atoms with Crippen LogP contribution in [0.5, 0.6) is 0 Å². The van der Waals surface area contributed by atoms with Gasteiger partial charge in [-0.15, -0.1) is 0 Å². The minimum atomic E-state index is -0.637. The summed E-state index contributed by atoms with van der Waals surface area (Å²) in [6, 6.07) is 0. The number of aliphatic hydroxyl groups is 1. The third-order valence-corrected chi connectivity index (χ3v) is 1.88. The van der Waals surface area contributed by atoms with E-state index in [0.717, 1.165) is 0 Å². The topological polar surface area (TPSA) is 98.0 Å². The number of aromatic nitrogens is 2. The molecule has 7 heteroatoms. The van der Waals surface area contributed by atoms with Crippen molar-refractivity contribution < 1.29 is 5.11 Å². The fourth-order valence-electron chi connectivity index (χ4n) is 0.885. The largest absolute Gasteiger partial charge is 0.396 e. The van der Waals surface area contributed by atoms with Gasteiger partial charge < -0.3 is 10.4 Å². The third kappa shape index (κ3) is 2.61. The lowest BCUT2D eigenvalue weighted by Gasteiger charge is -2.05. The summed E-state index contributed by atoms with van der Waals surface area (Å²) < 4.78 is 0. The van der Waals surface area contributed by atoms with E-state index in [2.05, 4.69) is 10.3 Å². The van der Waals surface area contributed by atoms with Gasteiger partial charge in [-0.1, -0.05) is 11.6 Å². The van der Waals surface area contributed by atoms with E-state index < -0.39 is 11.2 Å². The van der Waals surface area contributed by atoms with Crippen LogP contribution in [0.3, 0.4) is 0 Å². The van der Waals surface area contributed by atoms with Crippen molar-refractivity contribution in [1.29, 1.82) is 0 Å². The first-order valence-electron chi connectivity index (χ1n) is 4.02. The molecule has 14 heavy (non-hydrogen) atoms. The van der Waals surface area contributed by atoms with Gasteiger partial charge in [0, 0.05) is 13.2 Å². The SMILES string of the molecule is O=c1[nH]c(NCCCO)c(Cl)c(=O)[nH]1. The van der Waals surface area contributed by atoms with E-state index >= 15 is 0 Å². The van der Waals surface area contributed by atoms with Crippen LogP contribution in [0.15, 0.2) is 9.59 Å². The van der Waals surface area contributed by atoms with E-state index in [1.54, 1.807) is 0 Å². The molecule has 0 atom stereocenters. The number of H-pyrrole nitrogens is 2. The highest BCUT2D eigenvalue weighted by Crippen LogP contribution is 2.10. The Morgan fingerprint density at radius 3 is 2.71 bits per heavy atom. The van der Waals surface area contributed by atoms with Crippen molar-refractivity contribution in [3.63, 3.8) is 0 Å². The Hall–Kier alpha value is -1.27. The predicted octanol–water partition coefficient (Wildman–Crippen LogP) is -0.489. The Kier molecular flexibility index (Phi) is 3.73. The predicted molar refractivity (Wildman–Crippen MR) is 52.9 cm³/mol. The van der Waals surface area contributed by atoms with Crippen LogP contribution in [0.25, 0.3) is 0 Å². The molecule has 0 amide bonds. The maximum Gasteiger partial charge on any atom is 0.327 e. The molecule has 0 bridgehead atoms. The summed E-state index contributed by atoms with van der Waals surface area (Å²) >= 11 is 5.61. The Morgan fingerprint density at radius 1 is 1.36 bits per heavy atom. The molecule has 6 nitrogen and oxygen atoms in total. The highest BCUT2D eigenvalue weighted by molar-refractivity contribution is 6.32. The number of aliphatic hydroxyl groups excluding tert-OH is 1. The fraction of sp³-hybridized carbons (Fsp3) is 0.429.